The third-order valence-electron chi connectivity index (χ3n) is 5.06. The Morgan fingerprint density at radius 2 is 2.14 bits per heavy atom. The van der Waals surface area contributed by atoms with Crippen LogP contribution in [0.25, 0.3) is 0 Å². The van der Waals surface area contributed by atoms with Gasteiger partial charge in [0.05, 0.1) is 19.8 Å². The van der Waals surface area contributed by atoms with Gasteiger partial charge >= 0.3 is 0 Å². The van der Waals surface area contributed by atoms with Crippen LogP contribution in [0.1, 0.15) is 37.1 Å². The van der Waals surface area contributed by atoms with E-state index in [1.807, 2.05) is 31.1 Å². The molecule has 8 nitrogen and oxygen atoms in total. The summed E-state index contributed by atoms with van der Waals surface area (Å²) in [5, 5.41) is 7.53. The number of para-hydroxylation sites is 1. The lowest BCUT2D eigenvalue weighted by Crippen LogP contribution is -2.38. The Hall–Kier alpha value is -2.77. The fourth-order valence-corrected chi connectivity index (χ4v) is 3.48. The second-order valence-electron chi connectivity index (χ2n) is 7.03. The van der Waals surface area contributed by atoms with Gasteiger partial charge in [0.2, 0.25) is 0 Å². The van der Waals surface area contributed by atoms with Crippen LogP contribution in [0.2, 0.25) is 0 Å². The molecule has 3 rings (SSSR count). The molecule has 28 heavy (non-hydrogen) atoms. The maximum absolute atomic E-state index is 6.32. The van der Waals surface area contributed by atoms with Crippen LogP contribution in [0.15, 0.2) is 29.5 Å². The van der Waals surface area contributed by atoms with Gasteiger partial charge in [0.15, 0.2) is 17.5 Å². The van der Waals surface area contributed by atoms with E-state index in [0.717, 1.165) is 41.7 Å². The molecule has 0 aliphatic heterocycles. The van der Waals surface area contributed by atoms with E-state index in [9.17, 15) is 0 Å². The van der Waals surface area contributed by atoms with Gasteiger partial charge in [0, 0.05) is 33.3 Å². The molecule has 1 aromatic carbocycles. The first-order valence-corrected chi connectivity index (χ1v) is 9.69. The molecule has 1 fully saturated rings. The van der Waals surface area contributed by atoms with Crippen LogP contribution in [-0.4, -0.2) is 52.9 Å². The topological polar surface area (TPSA) is 76.8 Å². The van der Waals surface area contributed by atoms with Gasteiger partial charge < -0.3 is 19.7 Å². The van der Waals surface area contributed by atoms with Crippen molar-refractivity contribution < 1.29 is 9.47 Å². The number of hydrogen-bond acceptors (Lipinski definition) is 5. The predicted octanol–water partition coefficient (Wildman–Crippen LogP) is 2.35. The average molecular weight is 387 g/mol. The zero-order valence-corrected chi connectivity index (χ0v) is 17.2. The van der Waals surface area contributed by atoms with Crippen molar-refractivity contribution in [1.82, 2.24) is 25.0 Å². The molecule has 1 heterocycles. The van der Waals surface area contributed by atoms with Crippen molar-refractivity contribution in [2.45, 2.75) is 44.9 Å². The summed E-state index contributed by atoms with van der Waals surface area (Å²) in [5.74, 6) is 3.25. The fraction of sp³-hybridized carbons (Fsp3) is 0.550. The van der Waals surface area contributed by atoms with E-state index < -0.39 is 0 Å². The lowest BCUT2D eigenvalue weighted by atomic mass is 10.1. The molecule has 1 N–H and O–H groups in total. The number of nitrogens with zero attached hydrogens (tertiary/aromatic N) is 5. The van der Waals surface area contributed by atoms with Crippen LogP contribution in [-0.2, 0) is 20.1 Å². The van der Waals surface area contributed by atoms with E-state index in [0.29, 0.717) is 13.1 Å². The van der Waals surface area contributed by atoms with Gasteiger partial charge in [0.25, 0.3) is 0 Å². The van der Waals surface area contributed by atoms with Crippen LogP contribution in [0, 0.1) is 0 Å². The molecule has 1 aliphatic rings. The van der Waals surface area contributed by atoms with Crippen molar-refractivity contribution in [3.63, 3.8) is 0 Å². The zero-order chi connectivity index (χ0) is 19.9. The summed E-state index contributed by atoms with van der Waals surface area (Å²) in [5.41, 5.74) is 1.06. The number of rotatable bonds is 7. The van der Waals surface area contributed by atoms with Crippen LogP contribution in [0.5, 0.6) is 11.5 Å². The Morgan fingerprint density at radius 3 is 2.79 bits per heavy atom. The Kier molecular flexibility index (Phi) is 6.73. The number of methoxy groups -OCH3 is 1. The summed E-state index contributed by atoms with van der Waals surface area (Å²) in [7, 11) is 7.32. The molecule has 152 valence electrons. The molecular weight excluding hydrogens is 356 g/mol. The number of ether oxygens (including phenoxy) is 2. The van der Waals surface area contributed by atoms with Crippen LogP contribution in [0.4, 0.5) is 0 Å². The van der Waals surface area contributed by atoms with E-state index in [-0.39, 0.29) is 6.10 Å². The monoisotopic (exact) mass is 386 g/mol. The lowest BCUT2D eigenvalue weighted by molar-refractivity contribution is 0.198. The molecular formula is C20H30N6O2. The van der Waals surface area contributed by atoms with Crippen molar-refractivity contribution in [1.29, 1.82) is 0 Å². The molecule has 1 saturated carbocycles. The molecule has 1 aliphatic carbocycles. The molecule has 1 aromatic heterocycles. The number of benzene rings is 1. The van der Waals surface area contributed by atoms with Gasteiger partial charge in [0.1, 0.15) is 12.2 Å². The minimum Gasteiger partial charge on any atom is -0.493 e. The van der Waals surface area contributed by atoms with Crippen LogP contribution >= 0.6 is 0 Å². The minimum absolute atomic E-state index is 0.271. The molecule has 0 bridgehead atoms. The van der Waals surface area contributed by atoms with Crippen molar-refractivity contribution >= 4 is 5.96 Å². The van der Waals surface area contributed by atoms with E-state index in [1.54, 1.807) is 25.2 Å². The van der Waals surface area contributed by atoms with E-state index >= 15 is 0 Å². The highest BCUT2D eigenvalue weighted by Gasteiger charge is 2.21. The van der Waals surface area contributed by atoms with Crippen molar-refractivity contribution in [3.8, 4) is 11.5 Å². The van der Waals surface area contributed by atoms with E-state index in [4.69, 9.17) is 9.47 Å². The number of guanidine groups is 1. The maximum atomic E-state index is 6.32. The minimum atomic E-state index is 0.271. The fourth-order valence-electron chi connectivity index (χ4n) is 3.48. The highest BCUT2D eigenvalue weighted by atomic mass is 16.5. The molecule has 0 saturated heterocycles. The summed E-state index contributed by atoms with van der Waals surface area (Å²) in [6.45, 7) is 1.20. The first kappa shape index (κ1) is 20.0. The van der Waals surface area contributed by atoms with E-state index in [1.165, 1.54) is 12.8 Å². The summed E-state index contributed by atoms with van der Waals surface area (Å²) >= 11 is 0. The number of aliphatic imine (C=N–C) groups is 1. The van der Waals surface area contributed by atoms with Crippen LogP contribution < -0.4 is 14.8 Å². The summed E-state index contributed by atoms with van der Waals surface area (Å²) < 4.78 is 13.6. The van der Waals surface area contributed by atoms with Gasteiger partial charge in [-0.1, -0.05) is 12.1 Å². The van der Waals surface area contributed by atoms with E-state index in [2.05, 4.69) is 26.5 Å². The van der Waals surface area contributed by atoms with Gasteiger partial charge in [-0.15, -0.1) is 0 Å². The first-order chi connectivity index (χ1) is 13.6. The SMILES string of the molecule is CN=C(NCc1cccc(OC)c1OC1CCCC1)N(C)Cc1ncnn1C. The molecule has 0 radical (unpaired) electrons. The number of hydrogen-bond donors (Lipinski definition) is 1. The lowest BCUT2D eigenvalue weighted by Gasteiger charge is -2.23. The Morgan fingerprint density at radius 1 is 1.36 bits per heavy atom. The second kappa shape index (κ2) is 9.43. The Balaban J connectivity index is 1.69. The highest BCUT2D eigenvalue weighted by molar-refractivity contribution is 5.79. The normalized spacial score (nSPS) is 14.9. The average Bonchev–Trinajstić information content (AvgIpc) is 3.35. The van der Waals surface area contributed by atoms with Gasteiger partial charge in [-0.05, 0) is 31.7 Å². The quantitative estimate of drug-likeness (QED) is 0.581. The van der Waals surface area contributed by atoms with Crippen LogP contribution in [0.3, 0.4) is 0 Å². The number of aryl methyl sites for hydroxylation is 1. The molecule has 0 spiro atoms. The number of aromatic nitrogens is 3. The summed E-state index contributed by atoms with van der Waals surface area (Å²) in [6, 6.07) is 6.00. The molecule has 0 atom stereocenters. The number of nitrogens with one attached hydrogen (secondary N) is 1. The molecule has 8 heteroatoms. The Labute approximate surface area is 166 Å². The summed E-state index contributed by atoms with van der Waals surface area (Å²) in [4.78, 5) is 10.7. The Bertz CT molecular complexity index is 798. The van der Waals surface area contributed by atoms with Gasteiger partial charge in [-0.3, -0.25) is 9.67 Å². The van der Waals surface area contributed by atoms with Crippen molar-refractivity contribution in [3.05, 3.63) is 35.9 Å². The van der Waals surface area contributed by atoms with Crippen molar-refractivity contribution in [2.75, 3.05) is 21.2 Å². The predicted molar refractivity (Wildman–Crippen MR) is 109 cm³/mol. The highest BCUT2D eigenvalue weighted by Crippen LogP contribution is 2.34. The van der Waals surface area contributed by atoms with Crippen molar-refractivity contribution in [2.24, 2.45) is 12.0 Å². The zero-order valence-electron chi connectivity index (χ0n) is 17.2. The first-order valence-electron chi connectivity index (χ1n) is 9.69. The largest absolute Gasteiger partial charge is 0.493 e. The second-order valence-corrected chi connectivity index (χ2v) is 7.03. The van der Waals surface area contributed by atoms with Gasteiger partial charge in [-0.2, -0.15) is 5.10 Å². The molecule has 2 aromatic rings. The third-order valence-corrected chi connectivity index (χ3v) is 5.06. The molecule has 0 amide bonds. The van der Waals surface area contributed by atoms with Gasteiger partial charge in [-0.25, -0.2) is 4.98 Å². The summed E-state index contributed by atoms with van der Waals surface area (Å²) in [6.07, 6.45) is 6.50. The molecule has 0 unspecified atom stereocenters. The smallest absolute Gasteiger partial charge is 0.194 e. The standard InChI is InChI=1S/C20H30N6O2/c1-21-20(25(2)13-18-23-14-24-26(18)3)22-12-15-8-7-11-17(27-4)19(15)28-16-9-5-6-10-16/h7-8,11,14,16H,5-6,9-10,12-13H2,1-4H3,(H,21,22). The third kappa shape index (κ3) is 4.74. The maximum Gasteiger partial charge on any atom is 0.194 e.